The number of hydrogen-bond acceptors (Lipinski definition) is 6. The lowest BCUT2D eigenvalue weighted by atomic mass is 9.56. The first kappa shape index (κ1) is 27.1. The van der Waals surface area contributed by atoms with Crippen LogP contribution in [0.5, 0.6) is 5.75 Å². The number of carbonyl (C=O) groups excluding carboxylic acids is 4. The van der Waals surface area contributed by atoms with E-state index >= 15 is 0 Å². The molecule has 3 fully saturated rings. The number of benzene rings is 2. The van der Waals surface area contributed by atoms with Gasteiger partial charge in [-0.15, -0.1) is 34.5 Å². The van der Waals surface area contributed by atoms with Gasteiger partial charge in [0, 0.05) is 16.4 Å². The van der Waals surface area contributed by atoms with E-state index in [2.05, 4.69) is 15.9 Å². The van der Waals surface area contributed by atoms with Crippen molar-refractivity contribution < 1.29 is 24.3 Å². The van der Waals surface area contributed by atoms with Crippen LogP contribution in [0.4, 0.5) is 0 Å². The smallest absolute Gasteiger partial charge is 0.254 e. The molecule has 0 spiro atoms. The average molecular weight is 674 g/mol. The maximum absolute atomic E-state index is 14.0. The fourth-order valence-corrected chi connectivity index (χ4v) is 9.54. The first-order valence-corrected chi connectivity index (χ1v) is 16.0. The van der Waals surface area contributed by atoms with Crippen molar-refractivity contribution in [3.63, 3.8) is 0 Å². The van der Waals surface area contributed by atoms with Gasteiger partial charge >= 0.3 is 0 Å². The van der Waals surface area contributed by atoms with Crippen molar-refractivity contribution in [2.45, 2.75) is 35.1 Å². The molecular weight excluding hydrogens is 651 g/mol. The highest BCUT2D eigenvalue weighted by Gasteiger charge is 2.76. The van der Waals surface area contributed by atoms with Crippen molar-refractivity contribution in [2.75, 3.05) is 5.45 Å². The van der Waals surface area contributed by atoms with E-state index in [0.717, 1.165) is 15.2 Å². The van der Waals surface area contributed by atoms with E-state index in [1.54, 1.807) is 12.1 Å². The number of thiophene rings is 1. The second-order valence-electron chi connectivity index (χ2n) is 11.0. The molecule has 7 rings (SSSR count). The van der Waals surface area contributed by atoms with Crippen molar-refractivity contribution in [2.24, 2.45) is 17.8 Å². The molecule has 7 nitrogen and oxygen atoms in total. The number of allylic oxidation sites excluding steroid dienone is 2. The third-order valence-electron chi connectivity index (χ3n) is 9.24. The number of halogens is 3. The van der Waals surface area contributed by atoms with Gasteiger partial charge in [0.2, 0.25) is 11.8 Å². The van der Waals surface area contributed by atoms with E-state index < -0.39 is 45.2 Å². The molecule has 0 bridgehead atoms. The minimum atomic E-state index is -1.97. The fourth-order valence-electron chi connectivity index (χ4n) is 7.44. The lowest BCUT2D eigenvalue weighted by molar-refractivity contribution is -0.141. The summed E-state index contributed by atoms with van der Waals surface area (Å²) in [5, 5.41) is 14.7. The van der Waals surface area contributed by atoms with E-state index in [-0.39, 0.29) is 42.4 Å². The topological polar surface area (TPSA) is 95.0 Å². The van der Waals surface area contributed by atoms with Crippen LogP contribution in [0.15, 0.2) is 65.6 Å². The van der Waals surface area contributed by atoms with Gasteiger partial charge in [0.1, 0.15) is 5.75 Å². The summed E-state index contributed by atoms with van der Waals surface area (Å²) in [5.41, 5.74) is 0.923. The Labute approximate surface area is 257 Å². The maximum Gasteiger partial charge on any atom is 0.254 e. The predicted octanol–water partition coefficient (Wildman–Crippen LogP) is 5.52. The average Bonchev–Trinajstić information content (AvgIpc) is 3.60. The minimum absolute atomic E-state index is 0.0903. The molecule has 1 aromatic heterocycles. The van der Waals surface area contributed by atoms with Gasteiger partial charge in [0.05, 0.1) is 23.8 Å². The standard InChI is InChI=1S/C30H23BrCl2N2O5S/c31-14-35-27(39)29(32)12-20-18(8-9-19-22(20)26(38)34(25(19)37)13-16-5-3-11-41-16)24(30(29,33)28(35)40)23-17-6-2-1-4-15(17)7-10-21(23)36/h1-8,10-11,19-20,22,24,36H,9,12-14H2. The van der Waals surface area contributed by atoms with Gasteiger partial charge < -0.3 is 5.11 Å². The van der Waals surface area contributed by atoms with Crippen LogP contribution in [0.2, 0.25) is 0 Å². The van der Waals surface area contributed by atoms with Crippen molar-refractivity contribution >= 4 is 84.9 Å². The van der Waals surface area contributed by atoms with Gasteiger partial charge in [-0.05, 0) is 47.0 Å². The van der Waals surface area contributed by atoms with Crippen molar-refractivity contribution in [3.05, 3.63) is 76.0 Å². The molecular formula is C30H23BrCl2N2O5S. The molecule has 41 heavy (non-hydrogen) atoms. The van der Waals surface area contributed by atoms with Crippen LogP contribution in [0.1, 0.15) is 29.2 Å². The SMILES string of the molecule is O=C1C2CC=C3C(CC4(Cl)C(=O)N(CBr)C(=O)C4(Cl)C3c3c(O)ccc4ccccc34)C2C(=O)N1Cc1cccs1. The highest BCUT2D eigenvalue weighted by molar-refractivity contribution is 9.09. The molecule has 1 saturated carbocycles. The zero-order valence-electron chi connectivity index (χ0n) is 21.4. The predicted molar refractivity (Wildman–Crippen MR) is 159 cm³/mol. The van der Waals surface area contributed by atoms with Crippen LogP contribution >= 0.6 is 50.5 Å². The molecule has 1 N–H and O–H groups in total. The largest absolute Gasteiger partial charge is 0.508 e. The van der Waals surface area contributed by atoms with E-state index in [9.17, 15) is 24.3 Å². The molecule has 210 valence electrons. The zero-order valence-corrected chi connectivity index (χ0v) is 25.3. The number of alkyl halides is 3. The van der Waals surface area contributed by atoms with Crippen molar-refractivity contribution in [3.8, 4) is 5.75 Å². The highest BCUT2D eigenvalue weighted by Crippen LogP contribution is 2.66. The van der Waals surface area contributed by atoms with Gasteiger partial charge in [0.15, 0.2) is 9.75 Å². The summed E-state index contributed by atoms with van der Waals surface area (Å²) < 4.78 is 0. The Kier molecular flexibility index (Phi) is 6.22. The summed E-state index contributed by atoms with van der Waals surface area (Å²) in [6.07, 6.45) is 2.07. The van der Waals surface area contributed by atoms with E-state index in [0.29, 0.717) is 16.5 Å². The number of phenolic OH excluding ortho intramolecular Hbond substituents is 1. The lowest BCUT2D eigenvalue weighted by Crippen LogP contribution is -2.60. The number of phenols is 1. The number of likely N-dealkylation sites (tertiary alicyclic amines) is 2. The Morgan fingerprint density at radius 3 is 2.46 bits per heavy atom. The number of aromatic hydroxyl groups is 1. The molecule has 2 saturated heterocycles. The molecule has 11 heteroatoms. The minimum Gasteiger partial charge on any atom is -0.508 e. The number of fused-ring (bicyclic) bond motifs is 5. The molecule has 3 heterocycles. The van der Waals surface area contributed by atoms with Gasteiger partial charge in [-0.25, -0.2) is 0 Å². The first-order chi connectivity index (χ1) is 19.6. The number of amides is 4. The summed E-state index contributed by atoms with van der Waals surface area (Å²) in [6, 6.07) is 14.4. The van der Waals surface area contributed by atoms with Crippen LogP contribution in [0.3, 0.4) is 0 Å². The first-order valence-electron chi connectivity index (χ1n) is 13.2. The number of imide groups is 2. The molecule has 3 aromatic rings. The number of carbonyl (C=O) groups is 4. The normalized spacial score (nSPS) is 32.8. The Hall–Kier alpha value is -2.72. The van der Waals surface area contributed by atoms with E-state index in [4.69, 9.17) is 23.2 Å². The van der Waals surface area contributed by atoms with Gasteiger partial charge in [-0.1, -0.05) is 64.0 Å². The van der Waals surface area contributed by atoms with Crippen LogP contribution in [0, 0.1) is 17.8 Å². The second-order valence-corrected chi connectivity index (χ2v) is 13.8. The van der Waals surface area contributed by atoms with Crippen molar-refractivity contribution in [1.82, 2.24) is 9.80 Å². The van der Waals surface area contributed by atoms with Crippen LogP contribution in [-0.4, -0.2) is 53.7 Å². The summed E-state index contributed by atoms with van der Waals surface area (Å²) in [6.45, 7) is 0.179. The third-order valence-corrected chi connectivity index (χ3v) is 12.0. The summed E-state index contributed by atoms with van der Waals surface area (Å²) in [4.78, 5) is 54.7. The number of hydrogen-bond donors (Lipinski definition) is 1. The molecule has 6 unspecified atom stereocenters. The summed E-state index contributed by atoms with van der Waals surface area (Å²) in [5.74, 6) is -5.03. The Morgan fingerprint density at radius 2 is 1.73 bits per heavy atom. The third kappa shape index (κ3) is 3.49. The van der Waals surface area contributed by atoms with E-state index in [1.165, 1.54) is 16.2 Å². The zero-order chi connectivity index (χ0) is 28.8. The number of rotatable bonds is 4. The van der Waals surface area contributed by atoms with Crippen LogP contribution < -0.4 is 0 Å². The molecule has 2 aliphatic heterocycles. The molecule has 2 aromatic carbocycles. The van der Waals surface area contributed by atoms with E-state index in [1.807, 2.05) is 47.9 Å². The quantitative estimate of drug-likeness (QED) is 0.170. The van der Waals surface area contributed by atoms with Crippen molar-refractivity contribution in [1.29, 1.82) is 0 Å². The summed E-state index contributed by atoms with van der Waals surface area (Å²) >= 11 is 19.3. The van der Waals surface area contributed by atoms with Crippen LogP contribution in [0.25, 0.3) is 10.8 Å². The van der Waals surface area contributed by atoms with Gasteiger partial charge in [-0.2, -0.15) is 0 Å². The second kappa shape index (κ2) is 9.39. The lowest BCUT2D eigenvalue weighted by Gasteiger charge is -2.51. The molecule has 4 amide bonds. The fraction of sp³-hybridized carbons (Fsp3) is 0.333. The van der Waals surface area contributed by atoms with Crippen LogP contribution in [-0.2, 0) is 25.7 Å². The maximum atomic E-state index is 14.0. The Morgan fingerprint density at radius 1 is 0.951 bits per heavy atom. The molecule has 4 aliphatic rings. The highest BCUT2D eigenvalue weighted by atomic mass is 79.9. The monoisotopic (exact) mass is 672 g/mol. The Bertz CT molecular complexity index is 1690. The Balaban J connectivity index is 1.44. The van der Waals surface area contributed by atoms with Gasteiger partial charge in [-0.3, -0.25) is 29.0 Å². The molecule has 2 aliphatic carbocycles. The number of nitrogens with zero attached hydrogens (tertiary/aromatic N) is 2. The molecule has 0 radical (unpaired) electrons. The summed E-state index contributed by atoms with van der Waals surface area (Å²) in [7, 11) is 0. The van der Waals surface area contributed by atoms with Gasteiger partial charge in [0.25, 0.3) is 11.8 Å². The molecule has 6 atom stereocenters.